The van der Waals surface area contributed by atoms with Crippen LogP contribution in [-0.2, 0) is 4.74 Å². The molecule has 0 bridgehead atoms. The average Bonchev–Trinajstić information content (AvgIpc) is 2.83. The summed E-state index contributed by atoms with van der Waals surface area (Å²) in [5.41, 5.74) is 0.590. The summed E-state index contributed by atoms with van der Waals surface area (Å²) in [6.07, 6.45) is 1.00. The van der Waals surface area contributed by atoms with E-state index in [1.807, 2.05) is 6.92 Å². The maximum Gasteiger partial charge on any atom is 0.272 e. The molecule has 1 heterocycles. The molecule has 7 heteroatoms. The number of ether oxygens (including phenoxy) is 1. The van der Waals surface area contributed by atoms with Crippen LogP contribution in [0.3, 0.4) is 0 Å². The lowest BCUT2D eigenvalue weighted by atomic mass is 10.1. The van der Waals surface area contributed by atoms with E-state index in [2.05, 4.69) is 4.90 Å². The molecule has 0 amide bonds. The molecular weight excluding hydrogens is 303 g/mol. The molecule has 0 radical (unpaired) electrons. The van der Waals surface area contributed by atoms with Crippen molar-refractivity contribution in [3.63, 3.8) is 0 Å². The van der Waals surface area contributed by atoms with Crippen molar-refractivity contribution in [2.24, 2.45) is 5.92 Å². The standard InChI is InChI=1S/C13H16Cl2N2O3/c1-2-20-8-9-3-4-16(7-9)13-11(14)5-10(17(18)19)6-12(13)15/h5-6,9H,2-4,7-8H2,1H3. The SMILES string of the molecule is CCOCC1CCN(c2c(Cl)cc([N+](=O)[O-])cc2Cl)C1. The number of rotatable bonds is 5. The van der Waals surface area contributed by atoms with Gasteiger partial charge in [0.2, 0.25) is 0 Å². The molecule has 0 spiro atoms. The molecule has 0 saturated carbocycles. The monoisotopic (exact) mass is 318 g/mol. The molecule has 0 N–H and O–H groups in total. The number of benzene rings is 1. The minimum absolute atomic E-state index is 0.0891. The highest BCUT2D eigenvalue weighted by atomic mass is 35.5. The molecule has 1 aliphatic heterocycles. The first-order valence-electron chi connectivity index (χ1n) is 6.49. The second kappa shape index (κ2) is 6.61. The third kappa shape index (κ3) is 3.34. The van der Waals surface area contributed by atoms with Crippen LogP contribution in [0.5, 0.6) is 0 Å². The maximum atomic E-state index is 10.8. The molecule has 1 unspecified atom stereocenters. The van der Waals surface area contributed by atoms with Gasteiger partial charge in [-0.2, -0.15) is 0 Å². The van der Waals surface area contributed by atoms with Crippen LogP contribution in [0.25, 0.3) is 0 Å². The van der Waals surface area contributed by atoms with Crippen LogP contribution < -0.4 is 4.90 Å². The Morgan fingerprint density at radius 1 is 1.45 bits per heavy atom. The van der Waals surface area contributed by atoms with Gasteiger partial charge in [-0.15, -0.1) is 0 Å². The van der Waals surface area contributed by atoms with Gasteiger partial charge in [-0.05, 0) is 13.3 Å². The number of non-ortho nitro benzene ring substituents is 1. The van der Waals surface area contributed by atoms with Gasteiger partial charge in [0, 0.05) is 37.7 Å². The van der Waals surface area contributed by atoms with Crippen molar-refractivity contribution in [1.29, 1.82) is 0 Å². The van der Waals surface area contributed by atoms with Gasteiger partial charge in [0.15, 0.2) is 0 Å². The van der Waals surface area contributed by atoms with Crippen LogP contribution >= 0.6 is 23.2 Å². The Morgan fingerprint density at radius 2 is 2.10 bits per heavy atom. The third-order valence-electron chi connectivity index (χ3n) is 3.37. The van der Waals surface area contributed by atoms with Crippen molar-refractivity contribution in [1.82, 2.24) is 0 Å². The van der Waals surface area contributed by atoms with Crippen LogP contribution in [0.4, 0.5) is 11.4 Å². The predicted octanol–water partition coefficient (Wildman–Crippen LogP) is 3.76. The Bertz CT molecular complexity index is 487. The van der Waals surface area contributed by atoms with Crippen molar-refractivity contribution in [3.8, 4) is 0 Å². The molecule has 0 aromatic heterocycles. The largest absolute Gasteiger partial charge is 0.381 e. The number of nitrogens with zero attached hydrogens (tertiary/aromatic N) is 2. The Kier molecular flexibility index (Phi) is 5.07. The second-order valence-corrected chi connectivity index (χ2v) is 5.59. The van der Waals surface area contributed by atoms with E-state index >= 15 is 0 Å². The molecule has 1 atom stereocenters. The van der Waals surface area contributed by atoms with Gasteiger partial charge in [-0.1, -0.05) is 23.2 Å². The van der Waals surface area contributed by atoms with Gasteiger partial charge >= 0.3 is 0 Å². The molecule has 1 aromatic carbocycles. The second-order valence-electron chi connectivity index (χ2n) is 4.78. The Balaban J connectivity index is 2.16. The number of anilines is 1. The van der Waals surface area contributed by atoms with E-state index < -0.39 is 4.92 Å². The van der Waals surface area contributed by atoms with E-state index in [-0.39, 0.29) is 5.69 Å². The van der Waals surface area contributed by atoms with Crippen LogP contribution in [0.15, 0.2) is 12.1 Å². The van der Waals surface area contributed by atoms with E-state index in [1.54, 1.807) is 0 Å². The smallest absolute Gasteiger partial charge is 0.272 e. The minimum atomic E-state index is -0.497. The summed E-state index contributed by atoms with van der Waals surface area (Å²) >= 11 is 12.3. The Morgan fingerprint density at radius 3 is 2.65 bits per heavy atom. The first kappa shape index (κ1) is 15.4. The zero-order valence-corrected chi connectivity index (χ0v) is 12.7. The van der Waals surface area contributed by atoms with Crippen LogP contribution in [0, 0.1) is 16.0 Å². The van der Waals surface area contributed by atoms with Gasteiger partial charge in [0.05, 0.1) is 27.3 Å². The highest BCUT2D eigenvalue weighted by molar-refractivity contribution is 6.39. The molecule has 2 rings (SSSR count). The molecule has 1 fully saturated rings. The van der Waals surface area contributed by atoms with E-state index in [0.717, 1.165) is 26.1 Å². The molecule has 110 valence electrons. The lowest BCUT2D eigenvalue weighted by Crippen LogP contribution is -2.22. The number of nitro benzene ring substituents is 1. The number of hydrogen-bond acceptors (Lipinski definition) is 4. The summed E-state index contributed by atoms with van der Waals surface area (Å²) in [5.74, 6) is 0.442. The predicted molar refractivity (Wildman–Crippen MR) is 79.9 cm³/mol. The van der Waals surface area contributed by atoms with E-state index in [4.69, 9.17) is 27.9 Å². The first-order valence-corrected chi connectivity index (χ1v) is 7.24. The van der Waals surface area contributed by atoms with Crippen molar-refractivity contribution in [2.75, 3.05) is 31.2 Å². The first-order chi connectivity index (χ1) is 9.52. The summed E-state index contributed by atoms with van der Waals surface area (Å²) in [7, 11) is 0. The van der Waals surface area contributed by atoms with Crippen LogP contribution in [0.2, 0.25) is 10.0 Å². The highest BCUT2D eigenvalue weighted by Crippen LogP contribution is 2.39. The molecule has 20 heavy (non-hydrogen) atoms. The normalized spacial score (nSPS) is 18.6. The lowest BCUT2D eigenvalue weighted by Gasteiger charge is -2.21. The maximum absolute atomic E-state index is 10.8. The number of hydrogen-bond donors (Lipinski definition) is 0. The average molecular weight is 319 g/mol. The van der Waals surface area contributed by atoms with Gasteiger partial charge in [-0.25, -0.2) is 0 Å². The molecule has 1 aliphatic rings. The van der Waals surface area contributed by atoms with Gasteiger partial charge in [0.25, 0.3) is 5.69 Å². The summed E-state index contributed by atoms with van der Waals surface area (Å²) in [6.45, 7) is 5.02. The van der Waals surface area contributed by atoms with E-state index in [9.17, 15) is 10.1 Å². The van der Waals surface area contributed by atoms with Crippen LogP contribution in [-0.4, -0.2) is 31.2 Å². The molecule has 1 aromatic rings. The fourth-order valence-electron chi connectivity index (χ4n) is 2.42. The van der Waals surface area contributed by atoms with Crippen molar-refractivity contribution in [3.05, 3.63) is 32.3 Å². The van der Waals surface area contributed by atoms with E-state index in [1.165, 1.54) is 12.1 Å². The molecule has 0 aliphatic carbocycles. The zero-order chi connectivity index (χ0) is 14.7. The number of nitro groups is 1. The Labute approximate surface area is 127 Å². The minimum Gasteiger partial charge on any atom is -0.381 e. The molecular formula is C13H16Cl2N2O3. The number of halogens is 2. The van der Waals surface area contributed by atoms with Crippen LogP contribution in [0.1, 0.15) is 13.3 Å². The third-order valence-corrected chi connectivity index (χ3v) is 3.95. The lowest BCUT2D eigenvalue weighted by molar-refractivity contribution is -0.384. The fourth-order valence-corrected chi connectivity index (χ4v) is 3.13. The summed E-state index contributed by atoms with van der Waals surface area (Å²) in [5, 5.41) is 11.4. The summed E-state index contributed by atoms with van der Waals surface area (Å²) < 4.78 is 5.43. The molecule has 5 nitrogen and oxygen atoms in total. The Hall–Kier alpha value is -1.04. The van der Waals surface area contributed by atoms with Gasteiger partial charge in [0.1, 0.15) is 0 Å². The zero-order valence-electron chi connectivity index (χ0n) is 11.1. The van der Waals surface area contributed by atoms with Gasteiger partial charge < -0.3 is 9.64 Å². The molecule has 1 saturated heterocycles. The van der Waals surface area contributed by atoms with Crippen molar-refractivity contribution >= 4 is 34.6 Å². The van der Waals surface area contributed by atoms with Gasteiger partial charge in [-0.3, -0.25) is 10.1 Å². The quantitative estimate of drug-likeness (QED) is 0.612. The van der Waals surface area contributed by atoms with Crippen molar-refractivity contribution in [2.45, 2.75) is 13.3 Å². The van der Waals surface area contributed by atoms with E-state index in [0.29, 0.717) is 28.3 Å². The summed E-state index contributed by atoms with van der Waals surface area (Å²) in [4.78, 5) is 12.3. The van der Waals surface area contributed by atoms with Crippen molar-refractivity contribution < 1.29 is 9.66 Å². The summed E-state index contributed by atoms with van der Waals surface area (Å²) in [6, 6.07) is 2.69. The topological polar surface area (TPSA) is 55.6 Å². The highest BCUT2D eigenvalue weighted by Gasteiger charge is 2.27. The fraction of sp³-hybridized carbons (Fsp3) is 0.538.